The lowest BCUT2D eigenvalue weighted by molar-refractivity contribution is -0.0246. The molecule has 8 nitrogen and oxygen atoms in total. The Bertz CT molecular complexity index is 1250. The van der Waals surface area contributed by atoms with Crippen LogP contribution in [0.1, 0.15) is 27.3 Å². The highest BCUT2D eigenvalue weighted by Gasteiger charge is 2.29. The molecule has 0 radical (unpaired) electrons. The zero-order chi connectivity index (χ0) is 22.1. The molecule has 1 aliphatic heterocycles. The lowest BCUT2D eigenvalue weighted by Gasteiger charge is -2.31. The molecule has 1 aliphatic rings. The van der Waals surface area contributed by atoms with Crippen molar-refractivity contribution < 1.29 is 14.3 Å². The summed E-state index contributed by atoms with van der Waals surface area (Å²) in [5, 5.41) is 6.11. The van der Waals surface area contributed by atoms with E-state index in [1.807, 2.05) is 65.4 Å². The van der Waals surface area contributed by atoms with Crippen molar-refractivity contribution >= 4 is 34.4 Å². The van der Waals surface area contributed by atoms with Crippen molar-refractivity contribution in [1.82, 2.24) is 19.3 Å². The first-order valence-electron chi connectivity index (χ1n) is 10.3. The molecule has 4 heterocycles. The van der Waals surface area contributed by atoms with E-state index in [1.165, 1.54) is 11.3 Å². The van der Waals surface area contributed by atoms with E-state index in [4.69, 9.17) is 14.5 Å². The van der Waals surface area contributed by atoms with Crippen molar-refractivity contribution in [3.05, 3.63) is 70.4 Å². The van der Waals surface area contributed by atoms with E-state index < -0.39 is 0 Å². The SMILES string of the molecule is COc1ccc(Nc2cccc3nc([C@@H]4CN(C(=O)c5csc(C)n5)CCO4)cn23)cc1. The number of nitrogens with one attached hydrogen (secondary N) is 1. The number of morpholine rings is 1. The van der Waals surface area contributed by atoms with Crippen molar-refractivity contribution in [3.8, 4) is 5.75 Å². The molecule has 32 heavy (non-hydrogen) atoms. The molecule has 1 aromatic carbocycles. The first-order valence-corrected chi connectivity index (χ1v) is 11.2. The highest BCUT2D eigenvalue weighted by atomic mass is 32.1. The maximum absolute atomic E-state index is 12.8. The predicted octanol–water partition coefficient (Wildman–Crippen LogP) is 4.07. The van der Waals surface area contributed by atoms with Gasteiger partial charge in [0.15, 0.2) is 0 Å². The van der Waals surface area contributed by atoms with Gasteiger partial charge in [-0.2, -0.15) is 0 Å². The second kappa shape index (κ2) is 8.60. The van der Waals surface area contributed by atoms with Crippen LogP contribution in [0, 0.1) is 6.92 Å². The number of aromatic nitrogens is 3. The number of pyridine rings is 1. The summed E-state index contributed by atoms with van der Waals surface area (Å²) in [4.78, 5) is 23.7. The average molecular weight is 450 g/mol. The number of imidazole rings is 1. The Balaban J connectivity index is 1.37. The topological polar surface area (TPSA) is 81.0 Å². The maximum atomic E-state index is 12.8. The van der Waals surface area contributed by atoms with Gasteiger partial charge in [-0.05, 0) is 43.3 Å². The third-order valence-electron chi connectivity index (χ3n) is 5.39. The molecule has 0 unspecified atom stereocenters. The average Bonchev–Trinajstić information content (AvgIpc) is 3.46. The Morgan fingerprint density at radius 2 is 2.06 bits per heavy atom. The monoisotopic (exact) mass is 449 g/mol. The lowest BCUT2D eigenvalue weighted by Crippen LogP contribution is -2.42. The highest BCUT2D eigenvalue weighted by molar-refractivity contribution is 7.09. The van der Waals surface area contributed by atoms with Crippen LogP contribution in [0.2, 0.25) is 0 Å². The number of methoxy groups -OCH3 is 1. The zero-order valence-corrected chi connectivity index (χ0v) is 18.6. The van der Waals surface area contributed by atoms with Gasteiger partial charge < -0.3 is 19.7 Å². The van der Waals surface area contributed by atoms with Crippen molar-refractivity contribution in [1.29, 1.82) is 0 Å². The molecule has 5 rings (SSSR count). The van der Waals surface area contributed by atoms with Gasteiger partial charge in [-0.15, -0.1) is 11.3 Å². The normalized spacial score (nSPS) is 16.3. The molecule has 1 atom stereocenters. The largest absolute Gasteiger partial charge is 0.497 e. The number of anilines is 2. The van der Waals surface area contributed by atoms with Crippen molar-refractivity contribution in [2.24, 2.45) is 0 Å². The fourth-order valence-corrected chi connectivity index (χ4v) is 4.33. The molecule has 0 aliphatic carbocycles. The van der Waals surface area contributed by atoms with Crippen molar-refractivity contribution in [2.75, 3.05) is 32.1 Å². The van der Waals surface area contributed by atoms with Crippen LogP contribution in [-0.2, 0) is 4.74 Å². The summed E-state index contributed by atoms with van der Waals surface area (Å²) in [5.74, 6) is 1.63. The number of aryl methyl sites for hydroxylation is 1. The van der Waals surface area contributed by atoms with E-state index in [9.17, 15) is 4.79 Å². The number of rotatable bonds is 5. The van der Waals surface area contributed by atoms with Gasteiger partial charge in [0.2, 0.25) is 0 Å². The van der Waals surface area contributed by atoms with E-state index in [-0.39, 0.29) is 12.0 Å². The van der Waals surface area contributed by atoms with E-state index in [0.29, 0.717) is 25.4 Å². The second-order valence-electron chi connectivity index (χ2n) is 7.52. The Morgan fingerprint density at radius 3 is 2.81 bits per heavy atom. The number of amides is 1. The quantitative estimate of drug-likeness (QED) is 0.495. The van der Waals surface area contributed by atoms with Crippen LogP contribution in [0.15, 0.2) is 54.0 Å². The van der Waals surface area contributed by atoms with Crippen LogP contribution in [0.5, 0.6) is 5.75 Å². The fourth-order valence-electron chi connectivity index (χ4n) is 3.75. The minimum absolute atomic E-state index is 0.0618. The zero-order valence-electron chi connectivity index (χ0n) is 17.8. The number of nitrogens with zero attached hydrogens (tertiary/aromatic N) is 4. The number of carbonyl (C=O) groups excluding carboxylic acids is 1. The van der Waals surface area contributed by atoms with Crippen molar-refractivity contribution in [3.63, 3.8) is 0 Å². The van der Waals surface area contributed by atoms with E-state index >= 15 is 0 Å². The van der Waals surface area contributed by atoms with Gasteiger partial charge >= 0.3 is 0 Å². The van der Waals surface area contributed by atoms with Gasteiger partial charge in [-0.1, -0.05) is 6.07 Å². The summed E-state index contributed by atoms with van der Waals surface area (Å²) in [6.45, 7) is 3.35. The molecule has 1 amide bonds. The van der Waals surface area contributed by atoms with Crippen molar-refractivity contribution in [2.45, 2.75) is 13.0 Å². The molecular formula is C23H23N5O3S. The standard InChI is InChI=1S/C23H23N5O3S/c1-15-24-19(14-32-15)23(29)27-10-11-31-20(13-27)18-12-28-21(4-3-5-22(28)26-18)25-16-6-8-17(30-2)9-7-16/h3-9,12,14,20,25H,10-11,13H2,1-2H3/t20-/m0/s1. The van der Waals surface area contributed by atoms with Crippen LogP contribution < -0.4 is 10.1 Å². The number of thiazole rings is 1. The third-order valence-corrected chi connectivity index (χ3v) is 6.17. The Hall–Kier alpha value is -3.43. The Morgan fingerprint density at radius 1 is 1.22 bits per heavy atom. The summed E-state index contributed by atoms with van der Waals surface area (Å²) in [6.07, 6.45) is 1.67. The minimum Gasteiger partial charge on any atom is -0.497 e. The van der Waals surface area contributed by atoms with Gasteiger partial charge in [-0.25, -0.2) is 9.97 Å². The van der Waals surface area contributed by atoms with Gasteiger partial charge in [0.05, 0.1) is 31.0 Å². The van der Waals surface area contributed by atoms with E-state index in [1.54, 1.807) is 12.0 Å². The third kappa shape index (κ3) is 4.04. The van der Waals surface area contributed by atoms with Crippen LogP contribution in [0.3, 0.4) is 0 Å². The molecule has 164 valence electrons. The number of carbonyl (C=O) groups is 1. The molecule has 0 saturated carbocycles. The summed E-state index contributed by atoms with van der Waals surface area (Å²) in [6, 6.07) is 13.6. The number of hydrogen-bond acceptors (Lipinski definition) is 7. The molecule has 1 N–H and O–H groups in total. The molecule has 3 aromatic heterocycles. The molecule has 4 aromatic rings. The van der Waals surface area contributed by atoms with Gasteiger partial charge in [-0.3, -0.25) is 9.20 Å². The first kappa shape index (κ1) is 20.5. The van der Waals surface area contributed by atoms with Crippen LogP contribution >= 0.6 is 11.3 Å². The Kier molecular flexibility index (Phi) is 5.50. The summed E-state index contributed by atoms with van der Waals surface area (Å²) < 4.78 is 13.2. The van der Waals surface area contributed by atoms with Gasteiger partial charge in [0.1, 0.15) is 29.0 Å². The second-order valence-corrected chi connectivity index (χ2v) is 8.58. The number of benzene rings is 1. The smallest absolute Gasteiger partial charge is 0.273 e. The Labute approximate surface area is 189 Å². The summed E-state index contributed by atoms with van der Waals surface area (Å²) >= 11 is 1.48. The predicted molar refractivity (Wildman–Crippen MR) is 123 cm³/mol. The summed E-state index contributed by atoms with van der Waals surface area (Å²) in [5.41, 5.74) is 3.04. The van der Waals surface area contributed by atoms with Gasteiger partial charge in [0, 0.05) is 23.8 Å². The fraction of sp³-hybridized carbons (Fsp3) is 0.261. The molecule has 0 spiro atoms. The highest BCUT2D eigenvalue weighted by Crippen LogP contribution is 2.26. The van der Waals surface area contributed by atoms with Crippen LogP contribution in [-0.4, -0.2) is 52.0 Å². The van der Waals surface area contributed by atoms with E-state index in [0.717, 1.165) is 33.6 Å². The minimum atomic E-state index is -0.291. The molecular weight excluding hydrogens is 426 g/mol. The first-order chi connectivity index (χ1) is 15.6. The summed E-state index contributed by atoms with van der Waals surface area (Å²) in [7, 11) is 1.65. The van der Waals surface area contributed by atoms with Crippen LogP contribution in [0.4, 0.5) is 11.5 Å². The van der Waals surface area contributed by atoms with E-state index in [2.05, 4.69) is 10.3 Å². The van der Waals surface area contributed by atoms with Crippen LogP contribution in [0.25, 0.3) is 5.65 Å². The maximum Gasteiger partial charge on any atom is 0.273 e. The number of hydrogen-bond donors (Lipinski definition) is 1. The molecule has 1 saturated heterocycles. The van der Waals surface area contributed by atoms with Gasteiger partial charge in [0.25, 0.3) is 5.91 Å². The number of ether oxygens (including phenoxy) is 2. The molecule has 9 heteroatoms. The molecule has 1 fully saturated rings. The lowest BCUT2D eigenvalue weighted by atomic mass is 10.2. The molecule has 0 bridgehead atoms. The number of fused-ring (bicyclic) bond motifs is 1.